The molecular formula is C9H16FO4P. The molecule has 0 amide bonds. The summed E-state index contributed by atoms with van der Waals surface area (Å²) < 4.78 is 29.6. The quantitative estimate of drug-likeness (QED) is 0.744. The summed E-state index contributed by atoms with van der Waals surface area (Å²) in [6, 6.07) is 0. The van der Waals surface area contributed by atoms with Gasteiger partial charge in [-0.25, -0.2) is 4.39 Å². The van der Waals surface area contributed by atoms with Crippen molar-refractivity contribution in [1.82, 2.24) is 0 Å². The van der Waals surface area contributed by atoms with Gasteiger partial charge in [0.1, 0.15) is 6.16 Å². The molecule has 0 heterocycles. The van der Waals surface area contributed by atoms with E-state index in [2.05, 4.69) is 4.52 Å². The van der Waals surface area contributed by atoms with Crippen LogP contribution in [0.4, 0.5) is 4.39 Å². The Morgan fingerprint density at radius 3 is 2.53 bits per heavy atom. The van der Waals surface area contributed by atoms with Crippen molar-refractivity contribution in [3.8, 4) is 0 Å². The van der Waals surface area contributed by atoms with Crippen LogP contribution in [0.3, 0.4) is 0 Å². The molecule has 1 fully saturated rings. The van der Waals surface area contributed by atoms with E-state index in [1.54, 1.807) is 6.92 Å². The van der Waals surface area contributed by atoms with Crippen LogP contribution in [0.2, 0.25) is 0 Å². The molecule has 1 aliphatic carbocycles. The van der Waals surface area contributed by atoms with Crippen LogP contribution in [0, 0.1) is 0 Å². The second kappa shape index (κ2) is 4.73. The van der Waals surface area contributed by atoms with Gasteiger partial charge in [0, 0.05) is 0 Å². The van der Waals surface area contributed by atoms with E-state index in [0.717, 1.165) is 0 Å². The molecule has 0 aromatic carbocycles. The third kappa shape index (κ3) is 3.37. The molecule has 6 heteroatoms. The van der Waals surface area contributed by atoms with Crippen LogP contribution in [0.1, 0.15) is 32.6 Å². The fourth-order valence-electron chi connectivity index (χ4n) is 1.78. The molecule has 15 heavy (non-hydrogen) atoms. The molecule has 0 bridgehead atoms. The summed E-state index contributed by atoms with van der Waals surface area (Å²) in [6.07, 6.45) is 0.937. The van der Waals surface area contributed by atoms with Crippen molar-refractivity contribution in [2.75, 3.05) is 12.8 Å². The summed E-state index contributed by atoms with van der Waals surface area (Å²) in [7, 11) is -3.93. The van der Waals surface area contributed by atoms with Crippen molar-refractivity contribution in [1.29, 1.82) is 0 Å². The minimum atomic E-state index is -3.93. The van der Waals surface area contributed by atoms with Crippen LogP contribution < -0.4 is 0 Å². The zero-order valence-corrected chi connectivity index (χ0v) is 9.63. The number of carbonyl (C=O) groups is 1. The van der Waals surface area contributed by atoms with E-state index < -0.39 is 25.2 Å². The minimum Gasteiger partial charge on any atom is -0.324 e. The second-order valence-electron chi connectivity index (χ2n) is 3.81. The molecule has 1 saturated carbocycles. The molecule has 0 aliphatic heterocycles. The lowest BCUT2D eigenvalue weighted by molar-refractivity contribution is -0.127. The third-order valence-corrected chi connectivity index (χ3v) is 3.92. The van der Waals surface area contributed by atoms with Gasteiger partial charge in [-0.15, -0.1) is 0 Å². The average Bonchev–Trinajstić information content (AvgIpc) is 2.52. The van der Waals surface area contributed by atoms with E-state index in [0.29, 0.717) is 12.8 Å². The first kappa shape index (κ1) is 12.8. The highest BCUT2D eigenvalue weighted by Gasteiger charge is 2.43. The maximum Gasteiger partial charge on any atom is 0.335 e. The largest absolute Gasteiger partial charge is 0.335 e. The van der Waals surface area contributed by atoms with E-state index in [1.165, 1.54) is 0 Å². The van der Waals surface area contributed by atoms with E-state index in [9.17, 15) is 18.6 Å². The first-order valence-corrected chi connectivity index (χ1v) is 6.84. The first-order valence-electron chi connectivity index (χ1n) is 5.08. The SMILES string of the molecule is CCOP(=O)(O)CC(=O)C1(F)CCCC1. The molecule has 1 aliphatic rings. The van der Waals surface area contributed by atoms with E-state index in [-0.39, 0.29) is 19.4 Å². The molecule has 1 N–H and O–H groups in total. The zero-order valence-electron chi connectivity index (χ0n) is 8.74. The summed E-state index contributed by atoms with van der Waals surface area (Å²) in [5.74, 6) is -0.792. The van der Waals surface area contributed by atoms with E-state index in [4.69, 9.17) is 0 Å². The molecule has 1 rings (SSSR count). The smallest absolute Gasteiger partial charge is 0.324 e. The Morgan fingerprint density at radius 2 is 2.07 bits per heavy atom. The Morgan fingerprint density at radius 1 is 1.53 bits per heavy atom. The highest BCUT2D eigenvalue weighted by atomic mass is 31.2. The fourth-order valence-corrected chi connectivity index (χ4v) is 2.93. The molecule has 88 valence electrons. The van der Waals surface area contributed by atoms with Crippen molar-refractivity contribution in [2.24, 2.45) is 0 Å². The van der Waals surface area contributed by atoms with Gasteiger partial charge in [0.15, 0.2) is 11.5 Å². The van der Waals surface area contributed by atoms with Gasteiger partial charge < -0.3 is 9.42 Å². The van der Waals surface area contributed by atoms with E-state index in [1.807, 2.05) is 0 Å². The Bertz CT molecular complexity index is 286. The number of hydrogen-bond donors (Lipinski definition) is 1. The fraction of sp³-hybridized carbons (Fsp3) is 0.889. The van der Waals surface area contributed by atoms with Crippen molar-refractivity contribution in [3.05, 3.63) is 0 Å². The average molecular weight is 238 g/mol. The summed E-state index contributed by atoms with van der Waals surface area (Å²) in [6.45, 7) is 1.59. The van der Waals surface area contributed by atoms with Crippen molar-refractivity contribution >= 4 is 13.4 Å². The first-order chi connectivity index (χ1) is 6.90. The molecule has 0 radical (unpaired) electrons. The Labute approximate surface area is 88.4 Å². The molecular weight excluding hydrogens is 222 g/mol. The van der Waals surface area contributed by atoms with Crippen molar-refractivity contribution in [3.63, 3.8) is 0 Å². The van der Waals surface area contributed by atoms with Crippen molar-refractivity contribution < 1.29 is 23.2 Å². The number of Topliss-reactive ketones (excluding diaryl/α,β-unsaturated/α-hetero) is 1. The molecule has 0 aromatic rings. The normalized spacial score (nSPS) is 23.7. The summed E-state index contributed by atoms with van der Waals surface area (Å²) in [5.41, 5.74) is -1.89. The molecule has 1 unspecified atom stereocenters. The molecule has 0 aromatic heterocycles. The highest BCUT2D eigenvalue weighted by Crippen LogP contribution is 2.45. The zero-order chi connectivity index (χ0) is 11.5. The predicted molar refractivity (Wildman–Crippen MR) is 53.6 cm³/mol. The Kier molecular flexibility index (Phi) is 4.04. The lowest BCUT2D eigenvalue weighted by atomic mass is 10.0. The van der Waals surface area contributed by atoms with Crippen LogP contribution in [0.25, 0.3) is 0 Å². The number of ketones is 1. The highest BCUT2D eigenvalue weighted by molar-refractivity contribution is 7.53. The van der Waals surface area contributed by atoms with Gasteiger partial charge in [-0.05, 0) is 32.6 Å². The predicted octanol–water partition coefficient (Wildman–Crippen LogP) is 2.06. The van der Waals surface area contributed by atoms with Gasteiger partial charge in [-0.2, -0.15) is 0 Å². The van der Waals surface area contributed by atoms with Gasteiger partial charge in [-0.3, -0.25) is 9.36 Å². The summed E-state index contributed by atoms with van der Waals surface area (Å²) in [5, 5.41) is 0. The Balaban J connectivity index is 2.58. The number of halogens is 1. The van der Waals surface area contributed by atoms with Gasteiger partial charge in [0.25, 0.3) is 0 Å². The third-order valence-electron chi connectivity index (χ3n) is 2.57. The minimum absolute atomic E-state index is 0.0420. The van der Waals surface area contributed by atoms with Crippen LogP contribution in [-0.2, 0) is 13.9 Å². The second-order valence-corrected chi connectivity index (χ2v) is 5.66. The van der Waals surface area contributed by atoms with Crippen LogP contribution in [0.5, 0.6) is 0 Å². The lowest BCUT2D eigenvalue weighted by Gasteiger charge is -2.18. The number of hydrogen-bond acceptors (Lipinski definition) is 3. The number of rotatable bonds is 5. The van der Waals surface area contributed by atoms with E-state index >= 15 is 0 Å². The molecule has 1 atom stereocenters. The van der Waals surface area contributed by atoms with Crippen LogP contribution >= 0.6 is 7.60 Å². The summed E-state index contributed by atoms with van der Waals surface area (Å²) >= 11 is 0. The molecule has 4 nitrogen and oxygen atoms in total. The van der Waals surface area contributed by atoms with Gasteiger partial charge in [0.2, 0.25) is 0 Å². The number of alkyl halides is 1. The summed E-state index contributed by atoms with van der Waals surface area (Å²) in [4.78, 5) is 20.7. The topological polar surface area (TPSA) is 63.6 Å². The lowest BCUT2D eigenvalue weighted by Crippen LogP contribution is -2.33. The van der Waals surface area contributed by atoms with Gasteiger partial charge in [-0.1, -0.05) is 0 Å². The van der Waals surface area contributed by atoms with Crippen LogP contribution in [-0.4, -0.2) is 29.1 Å². The van der Waals surface area contributed by atoms with Gasteiger partial charge >= 0.3 is 7.60 Å². The number of carbonyl (C=O) groups excluding carboxylic acids is 1. The standard InChI is InChI=1S/C9H16FO4P/c1-2-14-15(12,13)7-8(11)9(10)5-3-4-6-9/h2-7H2,1H3,(H,12,13). The maximum atomic E-state index is 13.8. The maximum absolute atomic E-state index is 13.8. The monoisotopic (exact) mass is 238 g/mol. The van der Waals surface area contributed by atoms with Gasteiger partial charge in [0.05, 0.1) is 6.61 Å². The molecule has 0 saturated heterocycles. The Hall–Kier alpha value is -0.250. The molecule has 0 spiro atoms. The van der Waals surface area contributed by atoms with Crippen LogP contribution in [0.15, 0.2) is 0 Å². The van der Waals surface area contributed by atoms with Crippen molar-refractivity contribution in [2.45, 2.75) is 38.3 Å².